The van der Waals surface area contributed by atoms with E-state index in [2.05, 4.69) is 157 Å². The Morgan fingerprint density at radius 1 is 0.636 bits per heavy atom. The van der Waals surface area contributed by atoms with Crippen LogP contribution in [0.15, 0.2) is 163 Å². The maximum absolute atomic E-state index is 5.58. The number of hydrogen-bond donors (Lipinski definition) is 0. The van der Waals surface area contributed by atoms with Gasteiger partial charge in [-0.2, -0.15) is 0 Å². The van der Waals surface area contributed by atoms with Gasteiger partial charge in [0.05, 0.1) is 0 Å². The molecule has 222 valence electrons. The van der Waals surface area contributed by atoms with Crippen molar-refractivity contribution in [2.75, 3.05) is 25.8 Å². The fraction of sp³-hybridized carbons (Fsp3) is 0.150. The van der Waals surface area contributed by atoms with Crippen molar-refractivity contribution in [3.05, 3.63) is 169 Å². The summed E-state index contributed by atoms with van der Waals surface area (Å²) in [5.41, 5.74) is 4.64. The Balaban J connectivity index is 1.45. The molecule has 0 spiro atoms. The molecule has 5 aromatic rings. The predicted octanol–water partition coefficient (Wildman–Crippen LogP) is 8.35. The molecule has 3 nitrogen and oxygen atoms in total. The Kier molecular flexibility index (Phi) is 8.53. The quantitative estimate of drug-likeness (QED) is 0.151. The number of methoxy groups -OCH3 is 2. The average Bonchev–Trinajstić information content (AvgIpc) is 3.11. The van der Waals surface area contributed by atoms with Gasteiger partial charge in [0.25, 0.3) is 0 Å². The van der Waals surface area contributed by atoms with Crippen LogP contribution in [-0.2, 0) is 10.9 Å². The molecule has 0 radical (unpaired) electrons. The van der Waals surface area contributed by atoms with Crippen LogP contribution >= 0.6 is 6.60 Å². The molecular weight excluding hydrogens is 557 g/mol. The summed E-state index contributed by atoms with van der Waals surface area (Å²) in [7, 11) is 3.46. The molecule has 1 aliphatic rings. The van der Waals surface area contributed by atoms with Gasteiger partial charge in [0.1, 0.15) is 0 Å². The third kappa shape index (κ3) is 5.50. The Morgan fingerprint density at radius 3 is 1.52 bits per heavy atom. The number of hydrogen-bond acceptors (Lipinski definition) is 3. The summed E-state index contributed by atoms with van der Waals surface area (Å²) in [4.78, 5) is 2.31. The minimum atomic E-state index is -2.92. The van der Waals surface area contributed by atoms with Crippen LogP contribution in [0.1, 0.15) is 12.0 Å². The first-order valence-corrected chi connectivity index (χ1v) is 18.0. The van der Waals surface area contributed by atoms with E-state index in [-0.39, 0.29) is 6.10 Å². The van der Waals surface area contributed by atoms with Crippen molar-refractivity contribution >= 4 is 33.9 Å². The zero-order valence-electron chi connectivity index (χ0n) is 25.7. The molecule has 0 N–H and O–H groups in total. The van der Waals surface area contributed by atoms with Gasteiger partial charge in [-0.15, -0.1) is 0 Å². The van der Waals surface area contributed by atoms with Crippen molar-refractivity contribution in [3.63, 3.8) is 0 Å². The van der Waals surface area contributed by atoms with E-state index in [1.54, 1.807) is 14.2 Å². The fourth-order valence-electron chi connectivity index (χ4n) is 6.53. The first-order valence-electron chi connectivity index (χ1n) is 15.2. The van der Waals surface area contributed by atoms with Gasteiger partial charge in [0.2, 0.25) is 0 Å². The van der Waals surface area contributed by atoms with Gasteiger partial charge in [-0.1, -0.05) is 0 Å². The van der Waals surface area contributed by atoms with Crippen LogP contribution in [0.25, 0.3) is 0 Å². The molecule has 0 saturated heterocycles. The molecule has 4 heteroatoms. The van der Waals surface area contributed by atoms with Gasteiger partial charge >= 0.3 is 263 Å². The molecule has 44 heavy (non-hydrogen) atoms. The molecule has 0 heterocycles. The minimum absolute atomic E-state index is 0.103. The fourth-order valence-corrected chi connectivity index (χ4v) is 12.0. The summed E-state index contributed by atoms with van der Waals surface area (Å²) >= 11 is 0. The van der Waals surface area contributed by atoms with Gasteiger partial charge < -0.3 is 0 Å². The average molecular weight is 598 g/mol. The molecule has 0 amide bonds. The molecule has 1 atom stereocenters. The van der Waals surface area contributed by atoms with Crippen molar-refractivity contribution in [1.29, 1.82) is 0 Å². The normalized spacial score (nSPS) is 15.6. The predicted molar refractivity (Wildman–Crippen MR) is 189 cm³/mol. The number of allylic oxidation sites excluding steroid dienone is 1. The van der Waals surface area contributed by atoms with Crippen molar-refractivity contribution in [3.8, 4) is 5.75 Å². The molecular formula is C40H40NO2P. The summed E-state index contributed by atoms with van der Waals surface area (Å²) < 4.78 is 11.0. The van der Waals surface area contributed by atoms with Crippen LogP contribution in [0.4, 0.5) is 11.4 Å². The summed E-state index contributed by atoms with van der Waals surface area (Å²) in [6.07, 6.45) is 8.42. The molecule has 6 rings (SSSR count). The topological polar surface area (TPSA) is 21.7 Å². The maximum atomic E-state index is 5.58. The molecule has 0 aromatic heterocycles. The third-order valence-corrected chi connectivity index (χ3v) is 15.3. The Labute approximate surface area is 262 Å². The molecule has 0 bridgehead atoms. The monoisotopic (exact) mass is 597 g/mol. The Hall–Kier alpha value is -4.43. The number of ether oxygens (including phenoxy) is 2. The van der Waals surface area contributed by atoms with Crippen molar-refractivity contribution in [2.24, 2.45) is 0 Å². The second-order valence-corrected chi connectivity index (χ2v) is 17.1. The van der Waals surface area contributed by atoms with Crippen LogP contribution in [0.5, 0.6) is 5.75 Å². The van der Waals surface area contributed by atoms with Gasteiger partial charge in [-0.25, -0.2) is 0 Å². The van der Waals surface area contributed by atoms with Crippen LogP contribution in [-0.4, -0.2) is 27.0 Å². The van der Waals surface area contributed by atoms with E-state index in [1.165, 1.54) is 21.5 Å². The molecule has 5 aromatic carbocycles. The van der Waals surface area contributed by atoms with E-state index >= 15 is 0 Å². The zero-order chi connectivity index (χ0) is 30.4. The van der Waals surface area contributed by atoms with Crippen LogP contribution in [0.2, 0.25) is 0 Å². The van der Waals surface area contributed by atoms with E-state index in [0.29, 0.717) is 0 Å². The van der Waals surface area contributed by atoms with Crippen LogP contribution < -0.4 is 25.6 Å². The Bertz CT molecular complexity index is 1630. The van der Waals surface area contributed by atoms with Gasteiger partial charge in [-0.05, 0) is 0 Å². The van der Waals surface area contributed by atoms with Gasteiger partial charge in [0, 0.05) is 0 Å². The number of rotatable bonds is 10. The van der Waals surface area contributed by atoms with Crippen molar-refractivity contribution in [2.45, 2.75) is 18.7 Å². The molecule has 0 aliphatic heterocycles. The van der Waals surface area contributed by atoms with Crippen molar-refractivity contribution in [1.82, 2.24) is 0 Å². The van der Waals surface area contributed by atoms with E-state index in [9.17, 15) is 0 Å². The summed E-state index contributed by atoms with van der Waals surface area (Å²) in [5.74, 6) is 0.841. The zero-order valence-corrected chi connectivity index (χ0v) is 26.6. The molecule has 1 aliphatic carbocycles. The SMILES string of the molecule is COc1ccc(N(C2=CCC(OC)C=C2)c2ccc(CP(C)(c3ccccc3)(c3ccccc3)c3ccccc3)cc2)cc1. The van der Waals surface area contributed by atoms with E-state index in [4.69, 9.17) is 9.47 Å². The number of anilines is 2. The summed E-state index contributed by atoms with van der Waals surface area (Å²) in [6, 6.07) is 50.8. The molecule has 0 fully saturated rings. The van der Waals surface area contributed by atoms with E-state index in [0.717, 1.165) is 35.4 Å². The second-order valence-electron chi connectivity index (χ2n) is 11.7. The Morgan fingerprint density at radius 2 is 1.11 bits per heavy atom. The number of benzene rings is 5. The van der Waals surface area contributed by atoms with Gasteiger partial charge in [0.15, 0.2) is 0 Å². The molecule has 0 saturated carbocycles. The molecule has 1 unspecified atom stereocenters. The summed E-state index contributed by atoms with van der Waals surface area (Å²) in [6.45, 7) is -0.380. The number of nitrogens with zero attached hydrogens (tertiary/aromatic N) is 1. The third-order valence-electron chi connectivity index (χ3n) is 9.07. The van der Waals surface area contributed by atoms with Gasteiger partial charge in [-0.3, -0.25) is 0 Å². The first kappa shape index (κ1) is 29.6. The van der Waals surface area contributed by atoms with Crippen LogP contribution in [0, 0.1) is 0 Å². The van der Waals surface area contributed by atoms with E-state index in [1.807, 2.05) is 12.1 Å². The van der Waals surface area contributed by atoms with Crippen molar-refractivity contribution < 1.29 is 9.47 Å². The standard InChI is InChI=1S/C40H40NO2P/c1-42-36-27-23-34(24-28-36)41(35-25-29-37(43-2)30-26-35)33-21-19-32(20-22-33)31-44(3,38-13-7-4-8-14-38,39-15-9-5-10-16-39)40-17-11-6-12-18-40/h4-29,37H,30-31H2,1-3H3. The van der Waals surface area contributed by atoms with E-state index < -0.39 is 6.60 Å². The van der Waals surface area contributed by atoms with Crippen LogP contribution in [0.3, 0.4) is 0 Å². The summed E-state index contributed by atoms with van der Waals surface area (Å²) in [5, 5.41) is 4.18. The second kappa shape index (κ2) is 12.7. The first-order chi connectivity index (χ1) is 21.5.